The fourth-order valence-corrected chi connectivity index (χ4v) is 4.58. The second kappa shape index (κ2) is 7.44. The third-order valence-electron chi connectivity index (χ3n) is 4.90. The molecule has 0 saturated heterocycles. The first kappa shape index (κ1) is 19.6. The van der Waals surface area contributed by atoms with Crippen LogP contribution in [0.15, 0.2) is 35.2 Å². The van der Waals surface area contributed by atoms with Crippen molar-refractivity contribution in [3.63, 3.8) is 0 Å². The molecular weight excluding hydrogens is 374 g/mol. The van der Waals surface area contributed by atoms with Gasteiger partial charge in [0.15, 0.2) is 0 Å². The number of hydrogen-bond donors (Lipinski definition) is 1. The maximum atomic E-state index is 13.4. The zero-order chi connectivity index (χ0) is 19.8. The van der Waals surface area contributed by atoms with Crippen molar-refractivity contribution in [2.75, 3.05) is 25.9 Å². The van der Waals surface area contributed by atoms with E-state index in [1.165, 1.54) is 0 Å². The van der Waals surface area contributed by atoms with Gasteiger partial charge in [-0.1, -0.05) is 0 Å². The molecule has 0 radical (unpaired) electrons. The minimum atomic E-state index is -4.12. The van der Waals surface area contributed by atoms with Gasteiger partial charge in [-0.15, -0.1) is 0 Å². The molecule has 1 aliphatic carbocycles. The minimum absolute atomic E-state index is 0.329. The smallest absolute Gasteiger partial charge is 0.262 e. The van der Waals surface area contributed by atoms with Crippen LogP contribution in [0.3, 0.4) is 0 Å². The number of benzene rings is 2. The van der Waals surface area contributed by atoms with Crippen molar-refractivity contribution in [3.8, 4) is 5.75 Å². The lowest BCUT2D eigenvalue weighted by molar-refractivity contribution is 0.265. The van der Waals surface area contributed by atoms with E-state index < -0.39 is 26.6 Å². The van der Waals surface area contributed by atoms with Crippen molar-refractivity contribution >= 4 is 15.7 Å². The third-order valence-corrected chi connectivity index (χ3v) is 6.24. The lowest BCUT2D eigenvalue weighted by Gasteiger charge is -2.32. The van der Waals surface area contributed by atoms with Gasteiger partial charge >= 0.3 is 0 Å². The number of fused-ring (bicyclic) bond motifs is 1. The van der Waals surface area contributed by atoms with Gasteiger partial charge in [0.05, 0.1) is 17.7 Å². The molecule has 1 N–H and O–H groups in total. The molecule has 0 aliphatic heterocycles. The molecule has 3 rings (SSSR count). The van der Waals surface area contributed by atoms with Gasteiger partial charge < -0.3 is 9.64 Å². The summed E-state index contributed by atoms with van der Waals surface area (Å²) in [6.45, 7) is 0. The van der Waals surface area contributed by atoms with Crippen LogP contribution in [0.5, 0.6) is 5.75 Å². The van der Waals surface area contributed by atoms with Crippen molar-refractivity contribution in [2.45, 2.75) is 30.2 Å². The Hall–Kier alpha value is -2.19. The number of rotatable bonds is 5. The van der Waals surface area contributed by atoms with Crippen LogP contribution in [-0.4, -0.2) is 40.6 Å². The molecular formula is C19H22F2N2O3S. The number of likely N-dealkylation sites (N-methyl/N-ethyl adjacent to an activating group) is 1. The molecule has 146 valence electrons. The molecule has 8 heteroatoms. The Labute approximate surface area is 158 Å². The predicted octanol–water partition coefficient (Wildman–Crippen LogP) is 3.19. The van der Waals surface area contributed by atoms with E-state index >= 15 is 0 Å². The number of nitrogens with one attached hydrogen (secondary N) is 1. The summed E-state index contributed by atoms with van der Waals surface area (Å²) in [6.07, 6.45) is 2.27. The monoisotopic (exact) mass is 396 g/mol. The second-order valence-corrected chi connectivity index (χ2v) is 8.53. The fraction of sp³-hybridized carbons (Fsp3) is 0.368. The van der Waals surface area contributed by atoms with Crippen LogP contribution in [0.25, 0.3) is 0 Å². The average molecular weight is 396 g/mol. The maximum absolute atomic E-state index is 13.4. The van der Waals surface area contributed by atoms with Crippen LogP contribution in [-0.2, 0) is 22.9 Å². The Morgan fingerprint density at radius 1 is 1.11 bits per heavy atom. The van der Waals surface area contributed by atoms with Gasteiger partial charge in [-0.05, 0) is 63.2 Å². The highest BCUT2D eigenvalue weighted by Crippen LogP contribution is 2.36. The van der Waals surface area contributed by atoms with Crippen molar-refractivity contribution in [1.29, 1.82) is 0 Å². The molecule has 27 heavy (non-hydrogen) atoms. The zero-order valence-electron chi connectivity index (χ0n) is 15.4. The van der Waals surface area contributed by atoms with E-state index in [4.69, 9.17) is 4.74 Å². The zero-order valence-corrected chi connectivity index (χ0v) is 16.2. The van der Waals surface area contributed by atoms with E-state index in [0.717, 1.165) is 36.1 Å². The largest absolute Gasteiger partial charge is 0.496 e. The Bertz CT molecular complexity index is 941. The van der Waals surface area contributed by atoms with Crippen LogP contribution in [0, 0.1) is 11.6 Å². The highest BCUT2D eigenvalue weighted by Gasteiger charge is 2.27. The lowest BCUT2D eigenvalue weighted by Crippen LogP contribution is -2.34. The summed E-state index contributed by atoms with van der Waals surface area (Å²) >= 11 is 0. The molecule has 0 amide bonds. The van der Waals surface area contributed by atoms with Crippen molar-refractivity contribution in [3.05, 3.63) is 53.1 Å². The van der Waals surface area contributed by atoms with Crippen LogP contribution < -0.4 is 9.46 Å². The first-order valence-electron chi connectivity index (χ1n) is 8.55. The Morgan fingerprint density at radius 3 is 2.37 bits per heavy atom. The molecule has 0 heterocycles. The van der Waals surface area contributed by atoms with E-state index in [-0.39, 0.29) is 0 Å². The molecule has 1 aliphatic rings. The highest BCUT2D eigenvalue weighted by atomic mass is 32.2. The fourth-order valence-electron chi connectivity index (χ4n) is 3.44. The van der Waals surface area contributed by atoms with Crippen LogP contribution in [0.4, 0.5) is 14.5 Å². The van der Waals surface area contributed by atoms with Crippen molar-refractivity contribution < 1.29 is 21.9 Å². The predicted molar refractivity (Wildman–Crippen MR) is 99.7 cm³/mol. The summed E-state index contributed by atoms with van der Waals surface area (Å²) in [5, 5.41) is 0. The number of anilines is 1. The van der Waals surface area contributed by atoms with E-state index in [2.05, 4.69) is 9.62 Å². The summed E-state index contributed by atoms with van der Waals surface area (Å²) in [5.74, 6) is -1.18. The van der Waals surface area contributed by atoms with Gasteiger partial charge in [-0.25, -0.2) is 17.2 Å². The molecule has 2 aromatic rings. The van der Waals surface area contributed by atoms with Gasteiger partial charge in [0.1, 0.15) is 17.4 Å². The molecule has 5 nitrogen and oxygen atoms in total. The summed E-state index contributed by atoms with van der Waals surface area (Å²) in [6, 6.07) is 5.89. The summed E-state index contributed by atoms with van der Waals surface area (Å²) in [4.78, 5) is 1.68. The van der Waals surface area contributed by atoms with Crippen LogP contribution in [0.1, 0.15) is 17.5 Å². The third kappa shape index (κ3) is 4.06. The average Bonchev–Trinajstić information content (AvgIpc) is 2.60. The van der Waals surface area contributed by atoms with Gasteiger partial charge in [0, 0.05) is 17.7 Å². The van der Waals surface area contributed by atoms with Crippen LogP contribution in [0.2, 0.25) is 0 Å². The van der Waals surface area contributed by atoms with E-state index in [1.807, 2.05) is 14.1 Å². The molecule has 2 aromatic carbocycles. The Morgan fingerprint density at radius 2 is 1.78 bits per heavy atom. The number of hydrogen-bond acceptors (Lipinski definition) is 4. The minimum Gasteiger partial charge on any atom is -0.496 e. The Kier molecular flexibility index (Phi) is 5.39. The standard InChI is InChI=1S/C19H22F2N2O3S/c1-23(2)14-4-5-16-17(11-14)19(26-3)7-6-18(16)22-27(24,25)15-9-12(20)8-13(21)10-15/h6-10,14,22H,4-5,11H2,1-3H3. The van der Waals surface area contributed by atoms with Gasteiger partial charge in [0.2, 0.25) is 0 Å². The van der Waals surface area contributed by atoms with Gasteiger partial charge in [0.25, 0.3) is 10.0 Å². The van der Waals surface area contributed by atoms with E-state index in [1.54, 1.807) is 19.2 Å². The van der Waals surface area contributed by atoms with E-state index in [9.17, 15) is 17.2 Å². The number of nitrogens with zero attached hydrogens (tertiary/aromatic N) is 1. The molecule has 0 fully saturated rings. The molecule has 0 aromatic heterocycles. The Balaban J connectivity index is 2.00. The maximum Gasteiger partial charge on any atom is 0.262 e. The lowest BCUT2D eigenvalue weighted by atomic mass is 9.86. The van der Waals surface area contributed by atoms with Crippen molar-refractivity contribution in [1.82, 2.24) is 4.90 Å². The second-order valence-electron chi connectivity index (χ2n) is 6.84. The van der Waals surface area contributed by atoms with Gasteiger partial charge in [-0.3, -0.25) is 4.72 Å². The first-order valence-corrected chi connectivity index (χ1v) is 10.0. The summed E-state index contributed by atoms with van der Waals surface area (Å²) in [5.41, 5.74) is 2.22. The number of halogens is 2. The quantitative estimate of drug-likeness (QED) is 0.843. The number of ether oxygens (including phenoxy) is 1. The molecule has 1 unspecified atom stereocenters. The van der Waals surface area contributed by atoms with Crippen LogP contribution >= 0.6 is 0 Å². The summed E-state index contributed by atoms with van der Waals surface area (Å²) in [7, 11) is 1.47. The van der Waals surface area contributed by atoms with E-state index in [0.29, 0.717) is 30.0 Å². The number of methoxy groups -OCH3 is 1. The normalized spacial score (nSPS) is 16.9. The molecule has 0 spiro atoms. The topological polar surface area (TPSA) is 58.6 Å². The number of sulfonamides is 1. The van der Waals surface area contributed by atoms with Gasteiger partial charge in [-0.2, -0.15) is 0 Å². The summed E-state index contributed by atoms with van der Waals surface area (Å²) < 4.78 is 60.1. The molecule has 0 saturated carbocycles. The highest BCUT2D eigenvalue weighted by molar-refractivity contribution is 7.92. The molecule has 0 bridgehead atoms. The van der Waals surface area contributed by atoms with Crippen molar-refractivity contribution in [2.24, 2.45) is 0 Å². The molecule has 1 atom stereocenters. The SMILES string of the molecule is COc1ccc(NS(=O)(=O)c2cc(F)cc(F)c2)c2c1CC(N(C)C)CC2. The first-order chi connectivity index (χ1) is 12.7.